The monoisotopic (exact) mass is 1140 g/mol. The van der Waals surface area contributed by atoms with Crippen LogP contribution in [0.1, 0.15) is 11.1 Å². The fourth-order valence-electron chi connectivity index (χ4n) is 10.7. The highest BCUT2D eigenvalue weighted by Gasteiger charge is 2.27. The third kappa shape index (κ3) is 11.2. The number of hydrogen-bond acceptors (Lipinski definition) is 6. The second-order valence-electron chi connectivity index (χ2n) is 19.9. The summed E-state index contributed by atoms with van der Waals surface area (Å²) in [6.07, 6.45) is 3.65. The van der Waals surface area contributed by atoms with Crippen LogP contribution in [0.25, 0.3) is 43.5 Å². The molecule has 0 unspecified atom stereocenters. The Morgan fingerprint density at radius 2 is 0.639 bits per heavy atom. The van der Waals surface area contributed by atoms with E-state index in [0.717, 1.165) is 106 Å². The molecule has 0 aliphatic heterocycles. The fourth-order valence-corrected chi connectivity index (χ4v) is 11.4. The van der Waals surface area contributed by atoms with E-state index in [9.17, 15) is 0 Å². The minimum atomic E-state index is 0.504. The van der Waals surface area contributed by atoms with E-state index in [1.807, 2.05) is 170 Å². The van der Waals surface area contributed by atoms with Gasteiger partial charge in [0.05, 0.1) is 54.3 Å². The highest BCUT2D eigenvalue weighted by molar-refractivity contribution is 6.44. The van der Waals surface area contributed by atoms with Crippen molar-refractivity contribution in [2.24, 2.45) is 0 Å². The van der Waals surface area contributed by atoms with Crippen molar-refractivity contribution in [3.63, 3.8) is 0 Å². The molecule has 1 N–H and O–H groups in total. The molecule has 14 aromatic rings. The first-order valence-electron chi connectivity index (χ1n) is 27.3. The van der Waals surface area contributed by atoms with E-state index in [1.165, 1.54) is 10.8 Å². The number of furan rings is 2. The maximum Gasteiger partial charge on any atom is 0.139 e. The lowest BCUT2D eigenvalue weighted by Crippen LogP contribution is -2.14. The Hall–Kier alpha value is -9.69. The van der Waals surface area contributed by atoms with Crippen LogP contribution in [0.4, 0.5) is 62.6 Å². The smallest absolute Gasteiger partial charge is 0.139 e. The third-order valence-electron chi connectivity index (χ3n) is 14.5. The summed E-state index contributed by atoms with van der Waals surface area (Å²) < 4.78 is 12.3. The Bertz CT molecular complexity index is 4410. The molecule has 0 saturated heterocycles. The maximum atomic E-state index is 7.45. The zero-order valence-electron chi connectivity index (χ0n) is 45.5. The van der Waals surface area contributed by atoms with Gasteiger partial charge in [0.1, 0.15) is 23.7 Å². The van der Waals surface area contributed by atoms with E-state index in [-0.39, 0.29) is 0 Å². The molecule has 14 rings (SSSR count). The van der Waals surface area contributed by atoms with Gasteiger partial charge in [-0.2, -0.15) is 0 Å². The van der Waals surface area contributed by atoms with Crippen molar-refractivity contribution in [1.82, 2.24) is 0 Å². The number of halogens is 3. The molecule has 0 fully saturated rings. The third-order valence-corrected chi connectivity index (χ3v) is 15.6. The van der Waals surface area contributed by atoms with Crippen LogP contribution in [-0.4, -0.2) is 0 Å². The highest BCUT2D eigenvalue weighted by atomic mass is 35.5. The number of benzene rings is 12. The molecule has 6 nitrogen and oxygen atoms in total. The zero-order chi connectivity index (χ0) is 56.7. The summed E-state index contributed by atoms with van der Waals surface area (Å²) in [6, 6.07) is 94.4. The lowest BCUT2D eigenvalue weighted by atomic mass is 10.0. The first-order chi connectivity index (χ1) is 40.8. The van der Waals surface area contributed by atoms with Crippen LogP contribution < -0.4 is 20.0 Å². The average molecular weight is 1140 g/mol. The van der Waals surface area contributed by atoms with E-state index in [2.05, 4.69) is 143 Å². The molecular formula is C74H55Cl3N4O2. The first kappa shape index (κ1) is 53.9. The van der Waals surface area contributed by atoms with Gasteiger partial charge in [0.2, 0.25) is 0 Å². The second-order valence-corrected chi connectivity index (χ2v) is 21.0. The number of nitrogens with one attached hydrogen (secondary N) is 1. The van der Waals surface area contributed by atoms with Gasteiger partial charge in [0, 0.05) is 34.1 Å². The summed E-state index contributed by atoms with van der Waals surface area (Å²) in [7, 11) is 0. The number of hydrogen-bond donors (Lipinski definition) is 1. The standard InChI is InChI=1S/C37H27ClN2O.C25H17Cl2NO.C12H11N/c1-26-24-27-14-11-12-21-31(27)35-34(25-41-37(26)35)40(30-19-9-4-10-20-30)33-23-13-22-32(36(33)38)39(28-15-5-2-6-16-28)29-17-7-3-8-18-29;1-16-14-17-8-5-6-11-19(17)23-22(15-29-25(16)23)28(18-9-3-2-4-10-18)21-13-7-12-20(26)24(21)27;1-3-7-11(8-4-1)13-12-9-5-2-6-10-12/h2-25H,1H3;2-15H,1H3;1-10,13H. The van der Waals surface area contributed by atoms with Crippen molar-refractivity contribution in [2.75, 3.05) is 20.0 Å². The summed E-state index contributed by atoms with van der Waals surface area (Å²) in [5.74, 6) is 0. The molecule has 404 valence electrons. The maximum absolute atomic E-state index is 7.45. The fraction of sp³-hybridized carbons (Fsp3) is 0.0270. The van der Waals surface area contributed by atoms with Gasteiger partial charge in [0.25, 0.3) is 0 Å². The van der Waals surface area contributed by atoms with E-state index < -0.39 is 0 Å². The summed E-state index contributed by atoms with van der Waals surface area (Å²) in [4.78, 5) is 6.51. The highest BCUT2D eigenvalue weighted by Crippen LogP contribution is 2.50. The van der Waals surface area contributed by atoms with Gasteiger partial charge in [0.15, 0.2) is 0 Å². The van der Waals surface area contributed by atoms with Crippen LogP contribution in [0.3, 0.4) is 0 Å². The number of rotatable bonds is 11. The van der Waals surface area contributed by atoms with E-state index >= 15 is 0 Å². The number of aryl methyl sites for hydroxylation is 2. The van der Waals surface area contributed by atoms with E-state index in [0.29, 0.717) is 15.1 Å². The Labute approximate surface area is 498 Å². The van der Waals surface area contributed by atoms with Crippen molar-refractivity contribution in [3.05, 3.63) is 318 Å². The molecule has 2 heterocycles. The lowest BCUT2D eigenvalue weighted by molar-refractivity contribution is 0.613. The van der Waals surface area contributed by atoms with Crippen LogP contribution in [0, 0.1) is 13.8 Å². The van der Waals surface area contributed by atoms with Gasteiger partial charge in [-0.1, -0.05) is 205 Å². The van der Waals surface area contributed by atoms with Gasteiger partial charge in [-0.25, -0.2) is 0 Å². The summed E-state index contributed by atoms with van der Waals surface area (Å²) in [5, 5.41) is 11.7. The Kier molecular flexibility index (Phi) is 16.0. The molecule has 0 saturated carbocycles. The van der Waals surface area contributed by atoms with Crippen molar-refractivity contribution in [3.8, 4) is 0 Å². The van der Waals surface area contributed by atoms with Crippen LogP contribution in [-0.2, 0) is 0 Å². The predicted octanol–water partition coefficient (Wildman–Crippen LogP) is 23.6. The minimum Gasteiger partial charge on any atom is -0.462 e. The summed E-state index contributed by atoms with van der Waals surface area (Å²) in [6.45, 7) is 4.17. The number of nitrogens with zero attached hydrogens (tertiary/aromatic N) is 3. The zero-order valence-corrected chi connectivity index (χ0v) is 47.8. The largest absolute Gasteiger partial charge is 0.462 e. The number of para-hydroxylation sites is 6. The van der Waals surface area contributed by atoms with Gasteiger partial charge in [-0.15, -0.1) is 0 Å². The van der Waals surface area contributed by atoms with Gasteiger partial charge in [-0.3, -0.25) is 0 Å². The molecule has 0 aliphatic carbocycles. The molecule has 12 aromatic carbocycles. The molecule has 9 heteroatoms. The molecule has 0 amide bonds. The molecular weight excluding hydrogens is 1080 g/mol. The van der Waals surface area contributed by atoms with Crippen LogP contribution in [0.2, 0.25) is 15.1 Å². The predicted molar refractivity (Wildman–Crippen MR) is 352 cm³/mol. The molecule has 0 radical (unpaired) electrons. The molecule has 83 heavy (non-hydrogen) atoms. The summed E-state index contributed by atoms with van der Waals surface area (Å²) >= 11 is 20.5. The van der Waals surface area contributed by atoms with Crippen molar-refractivity contribution < 1.29 is 8.83 Å². The number of anilines is 11. The second kappa shape index (κ2) is 24.6. The van der Waals surface area contributed by atoms with Gasteiger partial charge >= 0.3 is 0 Å². The van der Waals surface area contributed by atoms with Crippen molar-refractivity contribution in [1.29, 1.82) is 0 Å². The van der Waals surface area contributed by atoms with Crippen LogP contribution in [0.15, 0.2) is 300 Å². The molecule has 0 atom stereocenters. The Morgan fingerprint density at radius 3 is 1.05 bits per heavy atom. The van der Waals surface area contributed by atoms with Crippen LogP contribution >= 0.6 is 34.8 Å². The summed E-state index contributed by atoms with van der Waals surface area (Å²) in [5.41, 5.74) is 14.6. The number of fused-ring (bicyclic) bond motifs is 6. The van der Waals surface area contributed by atoms with E-state index in [4.69, 9.17) is 43.6 Å². The Balaban J connectivity index is 0.000000140. The van der Waals surface area contributed by atoms with Gasteiger partial charge < -0.3 is 28.9 Å². The molecule has 0 spiro atoms. The molecule has 0 bridgehead atoms. The van der Waals surface area contributed by atoms with E-state index in [1.54, 1.807) is 12.3 Å². The molecule has 0 aliphatic rings. The quantitative estimate of drug-likeness (QED) is 0.139. The Morgan fingerprint density at radius 1 is 0.313 bits per heavy atom. The lowest BCUT2D eigenvalue weighted by Gasteiger charge is -2.30. The van der Waals surface area contributed by atoms with Gasteiger partial charge in [-0.05, 0) is 156 Å². The first-order valence-corrected chi connectivity index (χ1v) is 28.4. The van der Waals surface area contributed by atoms with Crippen molar-refractivity contribution in [2.45, 2.75) is 13.8 Å². The normalized spacial score (nSPS) is 11.0. The SMILES string of the molecule is Cc1cc2ccccc2c2c(N(c3ccccc3)c3cccc(Cl)c3Cl)coc12.Cc1cc2ccccc2c2c(N(c3ccccc3)c3cccc(N(c4ccccc4)c4ccccc4)c3Cl)coc12.c1ccc(Nc2ccccc2)cc1. The van der Waals surface area contributed by atoms with Crippen LogP contribution in [0.5, 0.6) is 0 Å². The molecule has 2 aromatic heterocycles. The minimum absolute atomic E-state index is 0.504. The van der Waals surface area contributed by atoms with Crippen molar-refractivity contribution >= 4 is 141 Å². The topological polar surface area (TPSA) is 48.0 Å². The average Bonchev–Trinajstić information content (AvgIpc) is 4.42.